The lowest BCUT2D eigenvalue weighted by molar-refractivity contribution is -0.122. The summed E-state index contributed by atoms with van der Waals surface area (Å²) in [6.07, 6.45) is 2.27. The van der Waals surface area contributed by atoms with E-state index in [4.69, 9.17) is 0 Å². The third-order valence-electron chi connectivity index (χ3n) is 3.71. The quantitative estimate of drug-likeness (QED) is 0.917. The van der Waals surface area contributed by atoms with Gasteiger partial charge in [-0.15, -0.1) is 0 Å². The van der Waals surface area contributed by atoms with Crippen molar-refractivity contribution >= 4 is 17.4 Å². The minimum absolute atomic E-state index is 0.0241. The van der Waals surface area contributed by atoms with E-state index in [0.29, 0.717) is 13.0 Å². The fraction of sp³-hybridized carbons (Fsp3) is 0.500. The number of amides is 1. The molecule has 1 aliphatic rings. The minimum Gasteiger partial charge on any atom is -0.359 e. The molecule has 0 aliphatic carbocycles. The number of para-hydroxylation sites is 1. The largest absolute Gasteiger partial charge is 0.359 e. The maximum atomic E-state index is 12.2. The number of benzene rings is 1. The fourth-order valence-electron chi connectivity index (χ4n) is 2.56. The smallest absolute Gasteiger partial charge is 0.242 e. The van der Waals surface area contributed by atoms with Crippen molar-refractivity contribution in [2.75, 3.05) is 18.0 Å². The topological polar surface area (TPSA) is 49.4 Å². The first kappa shape index (κ1) is 14.6. The van der Waals surface area contributed by atoms with E-state index in [1.165, 1.54) is 0 Å². The zero-order valence-electron chi connectivity index (χ0n) is 12.2. The number of nitrogens with one attached hydrogen (secondary N) is 1. The number of ketones is 1. The number of hydrogen-bond donors (Lipinski definition) is 1. The molecule has 1 heterocycles. The van der Waals surface area contributed by atoms with Gasteiger partial charge in [-0.2, -0.15) is 0 Å². The van der Waals surface area contributed by atoms with Crippen molar-refractivity contribution in [3.8, 4) is 0 Å². The zero-order chi connectivity index (χ0) is 14.5. The number of nitrogens with zero attached hydrogens (tertiary/aromatic N) is 1. The monoisotopic (exact) mass is 274 g/mol. The van der Waals surface area contributed by atoms with Crippen molar-refractivity contribution in [3.63, 3.8) is 0 Å². The maximum absolute atomic E-state index is 12.2. The van der Waals surface area contributed by atoms with Gasteiger partial charge in [0.2, 0.25) is 5.91 Å². The van der Waals surface area contributed by atoms with Gasteiger partial charge < -0.3 is 10.2 Å². The van der Waals surface area contributed by atoms with Crippen LogP contribution in [0.5, 0.6) is 0 Å². The van der Waals surface area contributed by atoms with Crippen LogP contribution in [0.1, 0.15) is 43.5 Å². The average Bonchev–Trinajstić information content (AvgIpc) is 2.64. The highest BCUT2D eigenvalue weighted by Gasteiger charge is 2.27. The molecular weight excluding hydrogens is 252 g/mol. The molecule has 2 rings (SSSR count). The van der Waals surface area contributed by atoms with Crippen LogP contribution in [0.25, 0.3) is 0 Å². The summed E-state index contributed by atoms with van der Waals surface area (Å²) in [7, 11) is 0. The van der Waals surface area contributed by atoms with E-state index in [1.54, 1.807) is 0 Å². The summed E-state index contributed by atoms with van der Waals surface area (Å²) in [4.78, 5) is 26.3. The summed E-state index contributed by atoms with van der Waals surface area (Å²) < 4.78 is 0. The van der Waals surface area contributed by atoms with Gasteiger partial charge in [0, 0.05) is 30.8 Å². The van der Waals surface area contributed by atoms with Crippen LogP contribution in [0.15, 0.2) is 24.3 Å². The SMILES string of the molecule is CCCNC(=O)C(C)N1CCCC(=O)c2ccccc21. The van der Waals surface area contributed by atoms with Crippen molar-refractivity contribution in [2.45, 2.75) is 39.2 Å². The fourth-order valence-corrected chi connectivity index (χ4v) is 2.56. The van der Waals surface area contributed by atoms with E-state index in [-0.39, 0.29) is 17.7 Å². The van der Waals surface area contributed by atoms with Gasteiger partial charge in [0.1, 0.15) is 6.04 Å². The zero-order valence-corrected chi connectivity index (χ0v) is 12.2. The Bertz CT molecular complexity index is 499. The van der Waals surface area contributed by atoms with Gasteiger partial charge in [-0.3, -0.25) is 9.59 Å². The average molecular weight is 274 g/mol. The van der Waals surface area contributed by atoms with Gasteiger partial charge in [0.25, 0.3) is 0 Å². The number of hydrogen-bond acceptors (Lipinski definition) is 3. The summed E-state index contributed by atoms with van der Waals surface area (Å²) in [5.74, 6) is 0.195. The second kappa shape index (κ2) is 6.55. The molecule has 0 radical (unpaired) electrons. The number of Topliss-reactive ketones (excluding diaryl/α,β-unsaturated/α-hetero) is 1. The number of carbonyl (C=O) groups is 2. The van der Waals surface area contributed by atoms with Crippen molar-refractivity contribution < 1.29 is 9.59 Å². The normalized spacial score (nSPS) is 16.3. The third kappa shape index (κ3) is 3.00. The van der Waals surface area contributed by atoms with Crippen molar-refractivity contribution in [3.05, 3.63) is 29.8 Å². The lowest BCUT2D eigenvalue weighted by Crippen LogP contribution is -2.46. The number of rotatable bonds is 4. The molecule has 0 bridgehead atoms. The summed E-state index contributed by atoms with van der Waals surface area (Å²) >= 11 is 0. The Hall–Kier alpha value is -1.84. The molecule has 4 heteroatoms. The molecule has 1 aliphatic heterocycles. The Morgan fingerprint density at radius 2 is 2.15 bits per heavy atom. The molecular formula is C16H22N2O2. The van der Waals surface area contributed by atoms with Gasteiger partial charge >= 0.3 is 0 Å². The molecule has 0 saturated carbocycles. The first-order chi connectivity index (χ1) is 9.65. The first-order valence-corrected chi connectivity index (χ1v) is 7.31. The molecule has 4 nitrogen and oxygen atoms in total. The van der Waals surface area contributed by atoms with Gasteiger partial charge in [-0.25, -0.2) is 0 Å². The second-order valence-corrected chi connectivity index (χ2v) is 5.20. The Balaban J connectivity index is 2.25. The van der Waals surface area contributed by atoms with Gasteiger partial charge in [-0.05, 0) is 31.9 Å². The molecule has 20 heavy (non-hydrogen) atoms. The van der Waals surface area contributed by atoms with Crippen LogP contribution in [0, 0.1) is 0 Å². The third-order valence-corrected chi connectivity index (χ3v) is 3.71. The molecule has 0 saturated heterocycles. The highest BCUT2D eigenvalue weighted by molar-refractivity contribution is 6.02. The number of anilines is 1. The second-order valence-electron chi connectivity index (χ2n) is 5.20. The Kier molecular flexibility index (Phi) is 4.77. The van der Waals surface area contributed by atoms with E-state index >= 15 is 0 Å². The van der Waals surface area contributed by atoms with Crippen LogP contribution in [0.3, 0.4) is 0 Å². The molecule has 0 fully saturated rings. The van der Waals surface area contributed by atoms with E-state index in [1.807, 2.05) is 43.0 Å². The predicted octanol–water partition coefficient (Wildman–Crippen LogP) is 2.38. The molecule has 1 amide bonds. The van der Waals surface area contributed by atoms with Crippen LogP contribution in [-0.4, -0.2) is 30.8 Å². The van der Waals surface area contributed by atoms with E-state index in [9.17, 15) is 9.59 Å². The molecule has 1 unspecified atom stereocenters. The van der Waals surface area contributed by atoms with Crippen LogP contribution < -0.4 is 10.2 Å². The Morgan fingerprint density at radius 1 is 1.40 bits per heavy atom. The van der Waals surface area contributed by atoms with Gasteiger partial charge in [-0.1, -0.05) is 19.1 Å². The lowest BCUT2D eigenvalue weighted by Gasteiger charge is -2.30. The summed E-state index contributed by atoms with van der Waals surface area (Å²) in [6, 6.07) is 7.33. The molecule has 1 aromatic rings. The highest BCUT2D eigenvalue weighted by Crippen LogP contribution is 2.27. The van der Waals surface area contributed by atoms with Crippen molar-refractivity contribution in [1.29, 1.82) is 0 Å². The molecule has 0 aromatic heterocycles. The molecule has 1 atom stereocenters. The predicted molar refractivity (Wildman–Crippen MR) is 80.1 cm³/mol. The Morgan fingerprint density at radius 3 is 2.90 bits per heavy atom. The number of fused-ring (bicyclic) bond motifs is 1. The van der Waals surface area contributed by atoms with Crippen LogP contribution in [0.2, 0.25) is 0 Å². The number of carbonyl (C=O) groups excluding carboxylic acids is 2. The van der Waals surface area contributed by atoms with Crippen LogP contribution in [0.4, 0.5) is 5.69 Å². The highest BCUT2D eigenvalue weighted by atomic mass is 16.2. The molecule has 108 valence electrons. The van der Waals surface area contributed by atoms with Crippen LogP contribution >= 0.6 is 0 Å². The Labute approximate surface area is 120 Å². The summed E-state index contributed by atoms with van der Waals surface area (Å²) in [5, 5.41) is 2.93. The van der Waals surface area contributed by atoms with Crippen LogP contribution in [-0.2, 0) is 4.79 Å². The van der Waals surface area contributed by atoms with Gasteiger partial charge in [0.05, 0.1) is 0 Å². The molecule has 1 N–H and O–H groups in total. The summed E-state index contributed by atoms with van der Waals surface area (Å²) in [5.41, 5.74) is 1.62. The van der Waals surface area contributed by atoms with Crippen molar-refractivity contribution in [2.24, 2.45) is 0 Å². The van der Waals surface area contributed by atoms with Gasteiger partial charge in [0.15, 0.2) is 5.78 Å². The molecule has 1 aromatic carbocycles. The van der Waals surface area contributed by atoms with E-state index in [2.05, 4.69) is 5.32 Å². The van der Waals surface area contributed by atoms with E-state index in [0.717, 1.165) is 30.6 Å². The first-order valence-electron chi connectivity index (χ1n) is 7.31. The van der Waals surface area contributed by atoms with E-state index < -0.39 is 0 Å². The molecule has 0 spiro atoms. The summed E-state index contributed by atoms with van der Waals surface area (Å²) in [6.45, 7) is 5.36. The standard InChI is InChI=1S/C16H22N2O2/c1-3-10-17-16(20)12(2)18-11-6-9-15(19)13-7-4-5-8-14(13)18/h4-5,7-8,12H,3,6,9-11H2,1-2H3,(H,17,20). The lowest BCUT2D eigenvalue weighted by atomic mass is 10.1. The van der Waals surface area contributed by atoms with Crippen molar-refractivity contribution in [1.82, 2.24) is 5.32 Å². The minimum atomic E-state index is -0.256. The maximum Gasteiger partial charge on any atom is 0.242 e.